The Morgan fingerprint density at radius 2 is 1.77 bits per heavy atom. The van der Waals surface area contributed by atoms with Gasteiger partial charge >= 0.3 is 5.97 Å². The van der Waals surface area contributed by atoms with Crippen molar-refractivity contribution in [3.05, 3.63) is 69.3 Å². The van der Waals surface area contributed by atoms with E-state index in [1.165, 1.54) is 0 Å². The zero-order valence-corrected chi connectivity index (χ0v) is 19.5. The minimum Gasteiger partial charge on any atom is -0.480 e. The summed E-state index contributed by atoms with van der Waals surface area (Å²) >= 11 is 9.49. The topological polar surface area (TPSA) is 71.3 Å². The summed E-state index contributed by atoms with van der Waals surface area (Å²) in [7, 11) is 0. The number of aliphatic carboxylic acids is 1. The highest BCUT2D eigenvalue weighted by Gasteiger charge is 2.38. The van der Waals surface area contributed by atoms with Gasteiger partial charge in [0.05, 0.1) is 16.9 Å². The molecule has 7 heteroatoms. The van der Waals surface area contributed by atoms with Gasteiger partial charge in [0.1, 0.15) is 6.54 Å². The van der Waals surface area contributed by atoms with E-state index in [0.717, 1.165) is 21.4 Å². The standard InChI is InChI=1S/C24H22BrClN2O3/c1-24(2)11-18-21(19(29)12-24)22(27-17-9-7-16(26)8-10-17)23(28(18)13-20(30)31)14-3-5-15(25)6-4-14/h3-10,27H,11-13H2,1-2H3,(H,30,31). The first-order chi connectivity index (χ1) is 14.6. The van der Waals surface area contributed by atoms with Crippen molar-refractivity contribution in [3.63, 3.8) is 0 Å². The number of aromatic nitrogens is 1. The van der Waals surface area contributed by atoms with E-state index in [4.69, 9.17) is 11.6 Å². The van der Waals surface area contributed by atoms with Crippen molar-refractivity contribution in [2.45, 2.75) is 33.2 Å². The van der Waals surface area contributed by atoms with Crippen LogP contribution in [0.2, 0.25) is 5.02 Å². The quantitative estimate of drug-likeness (QED) is 0.416. The maximum atomic E-state index is 13.3. The minimum absolute atomic E-state index is 0.0187. The summed E-state index contributed by atoms with van der Waals surface area (Å²) in [5.41, 5.74) is 4.04. The van der Waals surface area contributed by atoms with Gasteiger partial charge in [0.15, 0.2) is 5.78 Å². The number of anilines is 2. The molecule has 0 spiro atoms. The van der Waals surface area contributed by atoms with E-state index in [-0.39, 0.29) is 17.7 Å². The molecular formula is C24H22BrClN2O3. The van der Waals surface area contributed by atoms with Gasteiger partial charge in [-0.05, 0) is 48.2 Å². The number of hydrogen-bond donors (Lipinski definition) is 2. The van der Waals surface area contributed by atoms with Crippen LogP contribution in [0, 0.1) is 5.41 Å². The van der Waals surface area contributed by atoms with Gasteiger partial charge in [-0.1, -0.05) is 53.5 Å². The van der Waals surface area contributed by atoms with Crippen LogP contribution >= 0.6 is 27.5 Å². The number of carbonyl (C=O) groups is 2. The lowest BCUT2D eigenvalue weighted by molar-refractivity contribution is -0.137. The number of nitrogens with one attached hydrogen (secondary N) is 1. The molecule has 1 aromatic heterocycles. The summed E-state index contributed by atoms with van der Waals surface area (Å²) in [6.07, 6.45) is 1.03. The van der Waals surface area contributed by atoms with Crippen molar-refractivity contribution < 1.29 is 14.7 Å². The van der Waals surface area contributed by atoms with Gasteiger partial charge in [-0.15, -0.1) is 0 Å². The van der Waals surface area contributed by atoms with Gasteiger partial charge < -0.3 is 15.0 Å². The molecule has 31 heavy (non-hydrogen) atoms. The van der Waals surface area contributed by atoms with Gasteiger partial charge in [0, 0.05) is 32.9 Å². The average Bonchev–Trinajstić information content (AvgIpc) is 2.96. The maximum absolute atomic E-state index is 13.3. The summed E-state index contributed by atoms with van der Waals surface area (Å²) in [5.74, 6) is -0.935. The molecule has 1 heterocycles. The molecule has 5 nitrogen and oxygen atoms in total. The van der Waals surface area contributed by atoms with Gasteiger partial charge in [-0.25, -0.2) is 0 Å². The van der Waals surface area contributed by atoms with Crippen LogP contribution in [0.25, 0.3) is 11.3 Å². The van der Waals surface area contributed by atoms with E-state index in [9.17, 15) is 14.7 Å². The van der Waals surface area contributed by atoms with E-state index in [2.05, 4.69) is 21.2 Å². The number of benzene rings is 2. The highest BCUT2D eigenvalue weighted by Crippen LogP contribution is 2.45. The molecule has 0 unspecified atom stereocenters. The molecule has 0 atom stereocenters. The Morgan fingerprint density at radius 3 is 2.39 bits per heavy atom. The fourth-order valence-corrected chi connectivity index (χ4v) is 4.60. The number of hydrogen-bond acceptors (Lipinski definition) is 3. The summed E-state index contributed by atoms with van der Waals surface area (Å²) in [5, 5.41) is 13.7. The molecule has 0 radical (unpaired) electrons. The Bertz CT molecular complexity index is 1170. The average molecular weight is 502 g/mol. The first kappa shape index (κ1) is 21.7. The lowest BCUT2D eigenvalue weighted by Gasteiger charge is -2.29. The Morgan fingerprint density at radius 1 is 1.13 bits per heavy atom. The molecule has 0 aliphatic heterocycles. The van der Waals surface area contributed by atoms with Crippen LogP contribution in [-0.4, -0.2) is 21.4 Å². The first-order valence-electron chi connectivity index (χ1n) is 9.93. The molecule has 0 saturated carbocycles. The monoisotopic (exact) mass is 500 g/mol. The van der Waals surface area contributed by atoms with Crippen molar-refractivity contribution in [2.75, 3.05) is 5.32 Å². The van der Waals surface area contributed by atoms with Crippen LogP contribution in [0.5, 0.6) is 0 Å². The Balaban J connectivity index is 1.99. The predicted molar refractivity (Wildman–Crippen MR) is 126 cm³/mol. The minimum atomic E-state index is -0.954. The number of carbonyl (C=O) groups excluding carboxylic acids is 1. The number of carboxylic acid groups (broad SMARTS) is 1. The van der Waals surface area contributed by atoms with E-state index in [1.807, 2.05) is 50.2 Å². The molecule has 0 amide bonds. The number of Topliss-reactive ketones (excluding diaryl/α,β-unsaturated/α-hetero) is 1. The Kier molecular flexibility index (Phi) is 5.71. The zero-order valence-electron chi connectivity index (χ0n) is 17.2. The van der Waals surface area contributed by atoms with Gasteiger partial charge in [0.25, 0.3) is 0 Å². The SMILES string of the molecule is CC1(C)CC(=O)c2c(Nc3ccc(Cl)cc3)c(-c3ccc(Br)cc3)n(CC(=O)O)c2C1. The van der Waals surface area contributed by atoms with Crippen molar-refractivity contribution in [1.82, 2.24) is 4.57 Å². The second kappa shape index (κ2) is 8.17. The second-order valence-electron chi connectivity index (χ2n) is 8.60. The molecule has 2 aromatic carbocycles. The number of ketones is 1. The summed E-state index contributed by atoms with van der Waals surface area (Å²) in [6.45, 7) is 3.86. The molecule has 2 N–H and O–H groups in total. The summed E-state index contributed by atoms with van der Waals surface area (Å²) in [6, 6.07) is 14.9. The Hall–Kier alpha value is -2.57. The summed E-state index contributed by atoms with van der Waals surface area (Å²) in [4.78, 5) is 25.1. The Labute approximate surface area is 194 Å². The maximum Gasteiger partial charge on any atom is 0.323 e. The fourth-order valence-electron chi connectivity index (χ4n) is 4.21. The molecule has 3 aromatic rings. The molecule has 160 valence electrons. The third-order valence-corrected chi connectivity index (χ3v) is 6.24. The van der Waals surface area contributed by atoms with E-state index in [0.29, 0.717) is 34.8 Å². The van der Waals surface area contributed by atoms with Crippen molar-refractivity contribution in [3.8, 4) is 11.3 Å². The largest absolute Gasteiger partial charge is 0.480 e. The fraction of sp³-hybridized carbons (Fsp3) is 0.250. The normalized spacial score (nSPS) is 14.9. The molecule has 0 fully saturated rings. The zero-order chi connectivity index (χ0) is 22.3. The molecule has 1 aliphatic rings. The van der Waals surface area contributed by atoms with Crippen LogP contribution in [0.1, 0.15) is 36.3 Å². The molecule has 4 rings (SSSR count). The third-order valence-electron chi connectivity index (χ3n) is 5.46. The first-order valence-corrected chi connectivity index (χ1v) is 11.1. The molecule has 0 saturated heterocycles. The molecular weight excluding hydrogens is 480 g/mol. The lowest BCUT2D eigenvalue weighted by atomic mass is 9.76. The van der Waals surface area contributed by atoms with Crippen LogP contribution in [0.15, 0.2) is 53.0 Å². The second-order valence-corrected chi connectivity index (χ2v) is 9.96. The number of nitrogens with zero attached hydrogens (tertiary/aromatic N) is 1. The van der Waals surface area contributed by atoms with Gasteiger partial charge in [-0.2, -0.15) is 0 Å². The van der Waals surface area contributed by atoms with Crippen LogP contribution in [0.4, 0.5) is 11.4 Å². The van der Waals surface area contributed by atoms with Gasteiger partial charge in [0.2, 0.25) is 0 Å². The number of rotatable bonds is 5. The molecule has 0 bridgehead atoms. The van der Waals surface area contributed by atoms with E-state index in [1.54, 1.807) is 16.7 Å². The van der Waals surface area contributed by atoms with Crippen LogP contribution in [0.3, 0.4) is 0 Å². The number of halogens is 2. The lowest BCUT2D eigenvalue weighted by Crippen LogP contribution is -2.29. The van der Waals surface area contributed by atoms with Crippen LogP contribution < -0.4 is 5.32 Å². The van der Waals surface area contributed by atoms with Crippen molar-refractivity contribution >= 4 is 50.7 Å². The van der Waals surface area contributed by atoms with Crippen molar-refractivity contribution in [2.24, 2.45) is 5.41 Å². The highest BCUT2D eigenvalue weighted by molar-refractivity contribution is 9.10. The highest BCUT2D eigenvalue weighted by atomic mass is 79.9. The van der Waals surface area contributed by atoms with Gasteiger partial charge in [-0.3, -0.25) is 9.59 Å². The van der Waals surface area contributed by atoms with E-state index >= 15 is 0 Å². The molecule has 1 aliphatic carbocycles. The summed E-state index contributed by atoms with van der Waals surface area (Å²) < 4.78 is 2.69. The predicted octanol–water partition coefficient (Wildman–Crippen LogP) is 6.55. The number of carboxylic acids is 1. The smallest absolute Gasteiger partial charge is 0.323 e. The van der Waals surface area contributed by atoms with Crippen molar-refractivity contribution in [1.29, 1.82) is 0 Å². The van der Waals surface area contributed by atoms with Crippen LogP contribution in [-0.2, 0) is 17.8 Å². The van der Waals surface area contributed by atoms with E-state index < -0.39 is 5.97 Å². The number of fused-ring (bicyclic) bond motifs is 1. The third kappa shape index (κ3) is 4.41.